The Bertz CT molecular complexity index is 1620. The van der Waals surface area contributed by atoms with Crippen LogP contribution in [0, 0.1) is 28.6 Å². The van der Waals surface area contributed by atoms with Gasteiger partial charge in [-0.3, -0.25) is 28.8 Å². The van der Waals surface area contributed by atoms with E-state index in [2.05, 4.69) is 35.1 Å². The number of piperidine rings is 1. The summed E-state index contributed by atoms with van der Waals surface area (Å²) in [4.78, 5) is 93.1. The van der Waals surface area contributed by atoms with Crippen LogP contribution in [0.3, 0.4) is 0 Å². The zero-order valence-electron chi connectivity index (χ0n) is 30.9. The number of amides is 5. The topological polar surface area (TPSA) is 197 Å². The molecule has 3 aliphatic carbocycles. The van der Waals surface area contributed by atoms with E-state index in [9.17, 15) is 33.6 Å². The third-order valence-electron chi connectivity index (χ3n) is 11.7. The fourth-order valence-corrected chi connectivity index (χ4v) is 8.49. The highest BCUT2D eigenvalue weighted by molar-refractivity contribution is 6.37. The zero-order chi connectivity index (χ0) is 37.1. The first kappa shape index (κ1) is 37.5. The first-order valence-electron chi connectivity index (χ1n) is 18.2. The number of primary amides is 1. The lowest BCUT2D eigenvalue weighted by molar-refractivity contribution is -0.145. The van der Waals surface area contributed by atoms with E-state index in [-0.39, 0.29) is 29.7 Å². The molecule has 5 atom stereocenters. The summed E-state index contributed by atoms with van der Waals surface area (Å²) >= 11 is 0. The molecule has 0 bridgehead atoms. The minimum atomic E-state index is -1.10. The lowest BCUT2D eigenvalue weighted by Crippen LogP contribution is -2.64. The largest absolute Gasteiger partial charge is 0.379 e. The maximum Gasteiger partial charge on any atom is 0.315 e. The van der Waals surface area contributed by atoms with Gasteiger partial charge in [-0.1, -0.05) is 87.5 Å². The quantitative estimate of drug-likeness (QED) is 0.205. The van der Waals surface area contributed by atoms with E-state index in [1.807, 2.05) is 41.5 Å². The van der Waals surface area contributed by atoms with Crippen molar-refractivity contribution in [1.29, 1.82) is 0 Å². The van der Waals surface area contributed by atoms with Crippen molar-refractivity contribution < 1.29 is 24.0 Å². The molecule has 13 heteroatoms. The normalized spacial score (nSPS) is 25.2. The molecule has 3 saturated carbocycles. The summed E-state index contributed by atoms with van der Waals surface area (Å²) in [5, 5.41) is 12.1. The number of nitrogens with two attached hydrogens (primary N) is 1. The van der Waals surface area contributed by atoms with Crippen LogP contribution < -0.4 is 37.9 Å². The highest BCUT2D eigenvalue weighted by Gasteiger charge is 2.70. The second kappa shape index (κ2) is 13.1. The van der Waals surface area contributed by atoms with Gasteiger partial charge in [0.05, 0.1) is 17.3 Å². The summed E-state index contributed by atoms with van der Waals surface area (Å²) in [6, 6.07) is -3.45. The van der Waals surface area contributed by atoms with Crippen LogP contribution >= 0.6 is 0 Å². The Hall–Kier alpha value is -3.77. The van der Waals surface area contributed by atoms with Crippen LogP contribution in [0.25, 0.3) is 0 Å². The minimum absolute atomic E-state index is 0.0651. The van der Waals surface area contributed by atoms with Crippen molar-refractivity contribution in [1.82, 2.24) is 20.9 Å². The molecule has 0 aromatic heterocycles. The smallest absolute Gasteiger partial charge is 0.315 e. The average molecular weight is 697 g/mol. The van der Waals surface area contributed by atoms with Gasteiger partial charge in [-0.25, -0.2) is 4.79 Å². The van der Waals surface area contributed by atoms with Crippen molar-refractivity contribution in [3.8, 4) is 0 Å². The fourth-order valence-electron chi connectivity index (χ4n) is 8.49. The number of fused-ring (bicyclic) bond motifs is 1. The van der Waals surface area contributed by atoms with Gasteiger partial charge >= 0.3 is 6.03 Å². The van der Waals surface area contributed by atoms with Crippen LogP contribution in [0.15, 0.2) is 9.59 Å². The number of anilines is 1. The van der Waals surface area contributed by atoms with Crippen LogP contribution in [-0.2, 0) is 24.6 Å². The first-order valence-corrected chi connectivity index (χ1v) is 18.2. The van der Waals surface area contributed by atoms with Gasteiger partial charge in [-0.2, -0.15) is 0 Å². The van der Waals surface area contributed by atoms with Crippen LogP contribution in [-0.4, -0.2) is 71.2 Å². The number of urea groups is 1. The molecule has 1 heterocycles. The summed E-state index contributed by atoms with van der Waals surface area (Å²) in [7, 11) is 0. The summed E-state index contributed by atoms with van der Waals surface area (Å²) in [5.41, 5.74) is 2.89. The SMILES string of the molecule is CC(C)(C)c1c(NCC2(NC(=O)N[C@H](C(=O)N3C[C@H]4[C@@H]([C@H]3C(=O)NC(CC3CC3)C(=O)C(N)=O)C4(C)C)C(C)(C)C)CCCCC2)c(=O)c1=O. The van der Waals surface area contributed by atoms with E-state index in [0.29, 0.717) is 37.1 Å². The van der Waals surface area contributed by atoms with E-state index < -0.39 is 74.9 Å². The van der Waals surface area contributed by atoms with Crippen LogP contribution in [0.1, 0.15) is 112 Å². The van der Waals surface area contributed by atoms with Crippen LogP contribution in [0.4, 0.5) is 10.5 Å². The van der Waals surface area contributed by atoms with Gasteiger partial charge in [-0.15, -0.1) is 0 Å². The molecule has 1 saturated heterocycles. The monoisotopic (exact) mass is 696 g/mol. The number of likely N-dealkylation sites (tertiary alicyclic amines) is 1. The van der Waals surface area contributed by atoms with E-state index >= 15 is 0 Å². The van der Waals surface area contributed by atoms with Gasteiger partial charge in [0, 0.05) is 18.7 Å². The van der Waals surface area contributed by atoms with Gasteiger partial charge in [0.25, 0.3) is 5.91 Å². The van der Waals surface area contributed by atoms with Crippen molar-refractivity contribution in [2.45, 2.75) is 136 Å². The molecule has 5 amide bonds. The van der Waals surface area contributed by atoms with Gasteiger partial charge < -0.3 is 31.9 Å². The molecule has 5 rings (SSSR count). The molecule has 6 N–H and O–H groups in total. The number of carbonyl (C=O) groups is 5. The Kier molecular flexibility index (Phi) is 9.81. The Morgan fingerprint density at radius 1 is 0.920 bits per heavy atom. The summed E-state index contributed by atoms with van der Waals surface area (Å²) in [6.07, 6.45) is 6.20. The second-order valence-corrected chi connectivity index (χ2v) is 18.1. The third-order valence-corrected chi connectivity index (χ3v) is 11.7. The Morgan fingerprint density at radius 2 is 1.54 bits per heavy atom. The molecule has 0 radical (unpaired) electrons. The number of hydrogen-bond donors (Lipinski definition) is 5. The zero-order valence-corrected chi connectivity index (χ0v) is 30.9. The van der Waals surface area contributed by atoms with Crippen molar-refractivity contribution in [2.75, 3.05) is 18.4 Å². The number of ketones is 1. The van der Waals surface area contributed by atoms with Crippen LogP contribution in [0.5, 0.6) is 0 Å². The summed E-state index contributed by atoms with van der Waals surface area (Å²) in [5.74, 6) is -2.68. The molecular weight excluding hydrogens is 640 g/mol. The van der Waals surface area contributed by atoms with E-state index in [1.165, 1.54) is 4.90 Å². The molecular formula is C37H56N6O7. The van der Waals surface area contributed by atoms with Gasteiger partial charge in [0.15, 0.2) is 0 Å². The molecule has 1 unspecified atom stereocenters. The molecule has 4 aliphatic rings. The molecule has 50 heavy (non-hydrogen) atoms. The highest BCUT2D eigenvalue weighted by Crippen LogP contribution is 2.65. The lowest BCUT2D eigenvalue weighted by atomic mass is 9.80. The second-order valence-electron chi connectivity index (χ2n) is 18.1. The van der Waals surface area contributed by atoms with Gasteiger partial charge in [0.2, 0.25) is 28.5 Å². The maximum atomic E-state index is 14.4. The standard InChI is InChI=1S/C37H56N6O7/c1-34(2,3)23-24(28(46)27(23)45)39-18-37(14-10-9-11-15-37)42-33(50)41-29(35(4,5)6)32(49)43-17-20-22(36(20,7)8)25(43)31(48)40-21(16-19-12-13-19)26(44)30(38)47/h19-22,25,29,39H,9-18H2,1-8H3,(H2,38,47)(H,40,48)(H2,41,42,50)/t20-,21?,22-,25-,29+/m0/s1. The maximum absolute atomic E-state index is 14.4. The molecule has 4 fully saturated rings. The molecule has 1 aliphatic heterocycles. The first-order chi connectivity index (χ1) is 23.1. The molecule has 1 aromatic rings. The van der Waals surface area contributed by atoms with E-state index in [4.69, 9.17) is 5.73 Å². The van der Waals surface area contributed by atoms with Crippen LogP contribution in [0.2, 0.25) is 0 Å². The van der Waals surface area contributed by atoms with Crippen molar-refractivity contribution in [2.24, 2.45) is 34.3 Å². The van der Waals surface area contributed by atoms with E-state index in [0.717, 1.165) is 32.1 Å². The molecule has 13 nitrogen and oxygen atoms in total. The number of nitrogens with one attached hydrogen (secondary N) is 4. The number of hydrogen-bond acceptors (Lipinski definition) is 8. The number of rotatable bonds is 12. The highest BCUT2D eigenvalue weighted by atomic mass is 16.2. The third kappa shape index (κ3) is 7.32. The summed E-state index contributed by atoms with van der Waals surface area (Å²) in [6.45, 7) is 15.9. The predicted molar refractivity (Wildman–Crippen MR) is 189 cm³/mol. The number of Topliss-reactive ketones (excluding diaryl/α,β-unsaturated/α-hetero) is 1. The number of carbonyl (C=O) groups excluding carboxylic acids is 5. The molecule has 0 spiro atoms. The van der Waals surface area contributed by atoms with Gasteiger partial charge in [-0.05, 0) is 53.3 Å². The van der Waals surface area contributed by atoms with E-state index in [1.54, 1.807) is 0 Å². The predicted octanol–water partition coefficient (Wildman–Crippen LogP) is 2.23. The molecule has 1 aromatic carbocycles. The van der Waals surface area contributed by atoms with Crippen molar-refractivity contribution in [3.63, 3.8) is 0 Å². The van der Waals surface area contributed by atoms with Crippen molar-refractivity contribution in [3.05, 3.63) is 26.0 Å². The Balaban J connectivity index is 1.33. The Morgan fingerprint density at radius 3 is 2.08 bits per heavy atom. The lowest BCUT2D eigenvalue weighted by Gasteiger charge is -2.41. The summed E-state index contributed by atoms with van der Waals surface area (Å²) < 4.78 is 0. The number of nitrogens with zero attached hydrogens (tertiary/aromatic N) is 1. The fraction of sp³-hybridized carbons (Fsp3) is 0.757. The molecule has 276 valence electrons. The minimum Gasteiger partial charge on any atom is -0.379 e. The average Bonchev–Trinajstić information content (AvgIpc) is 3.87. The Labute approximate surface area is 294 Å². The van der Waals surface area contributed by atoms with Crippen molar-refractivity contribution >= 4 is 35.2 Å². The van der Waals surface area contributed by atoms with Gasteiger partial charge in [0.1, 0.15) is 12.1 Å².